The quantitative estimate of drug-likeness (QED) is 0.493. The highest BCUT2D eigenvalue weighted by Crippen LogP contribution is 2.25. The van der Waals surface area contributed by atoms with Crippen molar-refractivity contribution in [3.63, 3.8) is 0 Å². The van der Waals surface area contributed by atoms with Gasteiger partial charge < -0.3 is 5.32 Å². The fraction of sp³-hybridized carbons (Fsp3) is 0.650. The summed E-state index contributed by atoms with van der Waals surface area (Å²) in [6, 6.07) is 5.46. The van der Waals surface area contributed by atoms with Crippen LogP contribution in [-0.2, 0) is 14.8 Å². The van der Waals surface area contributed by atoms with Gasteiger partial charge in [-0.3, -0.25) is 9.10 Å². The van der Waals surface area contributed by atoms with E-state index in [1.807, 2.05) is 19.1 Å². The zero-order valence-electron chi connectivity index (χ0n) is 16.9. The van der Waals surface area contributed by atoms with Crippen LogP contribution in [0, 0.1) is 12.8 Å². The number of rotatable bonds is 12. The molecule has 0 aliphatic heterocycles. The van der Waals surface area contributed by atoms with Crippen molar-refractivity contribution < 1.29 is 13.2 Å². The molecular formula is C20H33BrN2O3S. The first-order valence-electron chi connectivity index (χ1n) is 9.69. The Balaban J connectivity index is 2.57. The van der Waals surface area contributed by atoms with Gasteiger partial charge in [-0.2, -0.15) is 0 Å². The number of carbonyl (C=O) groups excluding carboxylic acids is 1. The minimum Gasteiger partial charge on any atom is -0.356 e. The molecule has 0 saturated heterocycles. The number of unbranched alkanes of at least 4 members (excludes halogenated alkanes) is 1. The number of nitrogens with zero attached hydrogens (tertiary/aromatic N) is 1. The van der Waals surface area contributed by atoms with E-state index in [1.54, 1.807) is 6.07 Å². The summed E-state index contributed by atoms with van der Waals surface area (Å²) in [5, 5.41) is 3.00. The molecule has 0 radical (unpaired) electrons. The summed E-state index contributed by atoms with van der Waals surface area (Å²) in [4.78, 5) is 12.1. The molecule has 1 atom stereocenters. The van der Waals surface area contributed by atoms with Crippen LogP contribution in [0.4, 0.5) is 5.69 Å². The molecule has 7 heteroatoms. The van der Waals surface area contributed by atoms with Gasteiger partial charge in [0.25, 0.3) is 0 Å². The number of halogens is 1. The molecule has 0 bridgehead atoms. The molecule has 1 aromatic rings. The maximum Gasteiger partial charge on any atom is 0.232 e. The molecule has 1 amide bonds. The van der Waals surface area contributed by atoms with Crippen LogP contribution in [0.5, 0.6) is 0 Å². The third kappa shape index (κ3) is 8.64. The van der Waals surface area contributed by atoms with Crippen LogP contribution in [0.3, 0.4) is 0 Å². The SMILES string of the molecule is CCCCC(CC)CNC(=O)CCCN(c1ccc(Br)c(C)c1)S(C)(=O)=O. The molecule has 0 heterocycles. The van der Waals surface area contributed by atoms with E-state index in [1.165, 1.54) is 23.4 Å². The standard InChI is InChI=1S/C20H33BrN2O3S/c1-5-7-9-17(6-2)15-22-20(24)10-8-13-23(27(4,25)26)18-11-12-19(21)16(3)14-18/h11-12,14,17H,5-10,13,15H2,1-4H3,(H,22,24). The molecule has 1 rings (SSSR count). The van der Waals surface area contributed by atoms with Crippen molar-refractivity contribution in [3.8, 4) is 0 Å². The van der Waals surface area contributed by atoms with E-state index >= 15 is 0 Å². The zero-order valence-corrected chi connectivity index (χ0v) is 19.3. The van der Waals surface area contributed by atoms with Crippen LogP contribution in [0.1, 0.15) is 57.9 Å². The molecule has 5 nitrogen and oxygen atoms in total. The minimum atomic E-state index is -3.40. The van der Waals surface area contributed by atoms with Gasteiger partial charge in [0.1, 0.15) is 0 Å². The average molecular weight is 461 g/mol. The van der Waals surface area contributed by atoms with Crippen LogP contribution in [0.2, 0.25) is 0 Å². The highest BCUT2D eigenvalue weighted by molar-refractivity contribution is 9.10. The number of aryl methyl sites for hydroxylation is 1. The predicted molar refractivity (Wildman–Crippen MR) is 117 cm³/mol. The van der Waals surface area contributed by atoms with Gasteiger partial charge in [0.05, 0.1) is 11.9 Å². The van der Waals surface area contributed by atoms with Crippen molar-refractivity contribution in [2.75, 3.05) is 23.7 Å². The average Bonchev–Trinajstić information content (AvgIpc) is 2.60. The largest absolute Gasteiger partial charge is 0.356 e. The fourth-order valence-electron chi connectivity index (χ4n) is 2.94. The van der Waals surface area contributed by atoms with E-state index in [0.29, 0.717) is 37.5 Å². The lowest BCUT2D eigenvalue weighted by molar-refractivity contribution is -0.121. The van der Waals surface area contributed by atoms with Crippen LogP contribution < -0.4 is 9.62 Å². The fourth-order valence-corrected chi connectivity index (χ4v) is 4.15. The topological polar surface area (TPSA) is 66.5 Å². The van der Waals surface area contributed by atoms with Gasteiger partial charge in [0, 0.05) is 24.0 Å². The minimum absolute atomic E-state index is 0.00890. The third-order valence-corrected chi connectivity index (χ3v) is 6.81. The first-order valence-corrected chi connectivity index (χ1v) is 12.3. The van der Waals surface area contributed by atoms with Crippen molar-refractivity contribution in [1.29, 1.82) is 0 Å². The molecule has 1 aromatic carbocycles. The number of hydrogen-bond acceptors (Lipinski definition) is 3. The van der Waals surface area contributed by atoms with E-state index in [-0.39, 0.29) is 5.91 Å². The summed E-state index contributed by atoms with van der Waals surface area (Å²) in [6.07, 6.45) is 6.56. The van der Waals surface area contributed by atoms with E-state index in [4.69, 9.17) is 0 Å². The number of benzene rings is 1. The Morgan fingerprint density at radius 3 is 2.52 bits per heavy atom. The van der Waals surface area contributed by atoms with E-state index in [0.717, 1.165) is 22.9 Å². The summed E-state index contributed by atoms with van der Waals surface area (Å²) < 4.78 is 26.7. The molecule has 0 aliphatic carbocycles. The molecule has 0 spiro atoms. The van der Waals surface area contributed by atoms with E-state index in [9.17, 15) is 13.2 Å². The van der Waals surface area contributed by atoms with Crippen LogP contribution in [-0.4, -0.2) is 33.7 Å². The monoisotopic (exact) mass is 460 g/mol. The Bertz CT molecular complexity index is 707. The van der Waals surface area contributed by atoms with Gasteiger partial charge in [0.2, 0.25) is 15.9 Å². The lowest BCUT2D eigenvalue weighted by Crippen LogP contribution is -2.33. The van der Waals surface area contributed by atoms with Gasteiger partial charge in [-0.25, -0.2) is 8.42 Å². The van der Waals surface area contributed by atoms with E-state index < -0.39 is 10.0 Å². The molecule has 27 heavy (non-hydrogen) atoms. The molecule has 0 fully saturated rings. The second-order valence-corrected chi connectivity index (χ2v) is 9.85. The lowest BCUT2D eigenvalue weighted by atomic mass is 9.99. The second kappa shape index (κ2) is 11.7. The zero-order chi connectivity index (χ0) is 20.4. The lowest BCUT2D eigenvalue weighted by Gasteiger charge is -2.23. The van der Waals surface area contributed by atoms with Crippen LogP contribution in [0.25, 0.3) is 0 Å². The molecule has 1 unspecified atom stereocenters. The second-order valence-electron chi connectivity index (χ2n) is 7.09. The summed E-state index contributed by atoms with van der Waals surface area (Å²) in [5.41, 5.74) is 1.60. The summed E-state index contributed by atoms with van der Waals surface area (Å²) >= 11 is 3.43. The predicted octanol–water partition coefficient (Wildman–Crippen LogP) is 4.64. The molecule has 0 saturated carbocycles. The van der Waals surface area contributed by atoms with E-state index in [2.05, 4.69) is 35.1 Å². The first kappa shape index (κ1) is 24.0. The summed E-state index contributed by atoms with van der Waals surface area (Å²) in [7, 11) is -3.40. The maximum atomic E-state index is 12.2. The maximum absolute atomic E-state index is 12.2. The molecular weight excluding hydrogens is 428 g/mol. The van der Waals surface area contributed by atoms with Crippen molar-refractivity contribution in [2.45, 2.75) is 59.3 Å². The Kier molecular flexibility index (Phi) is 10.4. The summed E-state index contributed by atoms with van der Waals surface area (Å²) in [5.74, 6) is 0.512. The number of sulfonamides is 1. The van der Waals surface area contributed by atoms with Crippen LogP contribution in [0.15, 0.2) is 22.7 Å². The number of nitrogens with one attached hydrogen (secondary N) is 1. The summed E-state index contributed by atoms with van der Waals surface area (Å²) in [6.45, 7) is 7.24. The Morgan fingerprint density at radius 1 is 1.26 bits per heavy atom. The normalized spacial score (nSPS) is 12.6. The molecule has 154 valence electrons. The van der Waals surface area contributed by atoms with Gasteiger partial charge in [-0.05, 0) is 49.4 Å². The van der Waals surface area contributed by atoms with Crippen molar-refractivity contribution in [1.82, 2.24) is 5.32 Å². The molecule has 0 aliphatic rings. The van der Waals surface area contributed by atoms with Gasteiger partial charge in [-0.1, -0.05) is 49.0 Å². The van der Waals surface area contributed by atoms with Crippen LogP contribution >= 0.6 is 15.9 Å². The molecule has 1 N–H and O–H groups in total. The Hall–Kier alpha value is -1.08. The number of anilines is 1. The van der Waals surface area contributed by atoms with Crippen molar-refractivity contribution >= 4 is 37.5 Å². The number of hydrogen-bond donors (Lipinski definition) is 1. The van der Waals surface area contributed by atoms with Crippen molar-refractivity contribution in [2.24, 2.45) is 5.92 Å². The smallest absolute Gasteiger partial charge is 0.232 e. The Labute approximate surface area is 173 Å². The molecule has 0 aromatic heterocycles. The third-order valence-electron chi connectivity index (χ3n) is 4.73. The van der Waals surface area contributed by atoms with Crippen molar-refractivity contribution in [3.05, 3.63) is 28.2 Å². The first-order chi connectivity index (χ1) is 12.7. The van der Waals surface area contributed by atoms with Gasteiger partial charge >= 0.3 is 0 Å². The Morgan fingerprint density at radius 2 is 1.96 bits per heavy atom. The highest BCUT2D eigenvalue weighted by atomic mass is 79.9. The van der Waals surface area contributed by atoms with Gasteiger partial charge in [-0.15, -0.1) is 0 Å². The number of carbonyl (C=O) groups is 1. The van der Waals surface area contributed by atoms with Gasteiger partial charge in [0.15, 0.2) is 0 Å². The highest BCUT2D eigenvalue weighted by Gasteiger charge is 2.18. The number of amides is 1.